The van der Waals surface area contributed by atoms with E-state index in [9.17, 15) is 8.42 Å². The molecule has 2 aromatic carbocycles. The Bertz CT molecular complexity index is 1100. The lowest BCUT2D eigenvalue weighted by molar-refractivity contribution is 0.601. The Morgan fingerprint density at radius 3 is 2.23 bits per heavy atom. The second-order valence-electron chi connectivity index (χ2n) is 6.72. The maximum Gasteiger partial charge on any atom is 0.264 e. The van der Waals surface area contributed by atoms with Crippen molar-refractivity contribution in [2.75, 3.05) is 16.6 Å². The van der Waals surface area contributed by atoms with E-state index in [0.29, 0.717) is 28.7 Å². The third-order valence-electron chi connectivity index (χ3n) is 4.17. The average Bonchev–Trinajstić information content (AvgIpc) is 2.68. The lowest BCUT2D eigenvalue weighted by Gasteiger charge is -2.12. The Hall–Kier alpha value is -3.04. The first-order valence-corrected chi connectivity index (χ1v) is 11.2. The second kappa shape index (κ2) is 9.64. The molecular weight excluding hydrogens is 418 g/mol. The summed E-state index contributed by atoms with van der Waals surface area (Å²) in [6, 6.07) is 18.2. The van der Waals surface area contributed by atoms with Crippen LogP contribution in [0.25, 0.3) is 0 Å². The van der Waals surface area contributed by atoms with E-state index in [4.69, 9.17) is 12.2 Å². The van der Waals surface area contributed by atoms with Crippen molar-refractivity contribution in [3.05, 3.63) is 77.6 Å². The number of thiocarbonyl (C=S) groups is 1. The van der Waals surface area contributed by atoms with Crippen LogP contribution in [-0.2, 0) is 16.4 Å². The van der Waals surface area contributed by atoms with Gasteiger partial charge in [-0.3, -0.25) is 0 Å². The van der Waals surface area contributed by atoms with E-state index >= 15 is 0 Å². The summed E-state index contributed by atoms with van der Waals surface area (Å²) in [5.74, 6) is 0.0542. The molecule has 0 fully saturated rings. The van der Waals surface area contributed by atoms with Crippen molar-refractivity contribution in [1.29, 1.82) is 0 Å². The van der Waals surface area contributed by atoms with Gasteiger partial charge in [0.1, 0.15) is 0 Å². The molecule has 1 heterocycles. The van der Waals surface area contributed by atoms with Gasteiger partial charge < -0.3 is 10.6 Å². The highest BCUT2D eigenvalue weighted by Gasteiger charge is 2.16. The number of aromatic nitrogens is 2. The predicted octanol–water partition coefficient (Wildman–Crippen LogP) is 3.42. The number of benzene rings is 2. The van der Waals surface area contributed by atoms with Crippen molar-refractivity contribution >= 4 is 39.0 Å². The van der Waals surface area contributed by atoms with Gasteiger partial charge in [-0.1, -0.05) is 30.3 Å². The Balaban J connectivity index is 1.56. The summed E-state index contributed by atoms with van der Waals surface area (Å²) >= 11 is 5.30. The van der Waals surface area contributed by atoms with Crippen molar-refractivity contribution in [1.82, 2.24) is 15.3 Å². The molecule has 0 bridgehead atoms. The monoisotopic (exact) mass is 441 g/mol. The molecular formula is C21H23N5O2S2. The fourth-order valence-electron chi connectivity index (χ4n) is 2.81. The van der Waals surface area contributed by atoms with Gasteiger partial charge in [0.2, 0.25) is 5.95 Å². The highest BCUT2D eigenvalue weighted by atomic mass is 32.2. The zero-order valence-electron chi connectivity index (χ0n) is 16.7. The Morgan fingerprint density at radius 2 is 1.60 bits per heavy atom. The standard InChI is InChI=1S/C21H23N5O2S2/c1-15-14-16(2)24-20(23-15)26-30(27,28)19-10-8-18(9-11-19)25-21(29)22-13-12-17-6-4-3-5-7-17/h3-11,14H,12-13H2,1-2H3,(H2,22,25,29)(H,23,24,26). The van der Waals surface area contributed by atoms with Crippen molar-refractivity contribution in [3.8, 4) is 0 Å². The third-order valence-corrected chi connectivity index (χ3v) is 5.76. The summed E-state index contributed by atoms with van der Waals surface area (Å²) in [5.41, 5.74) is 3.29. The number of sulfonamides is 1. The van der Waals surface area contributed by atoms with Gasteiger partial charge in [-0.25, -0.2) is 23.1 Å². The van der Waals surface area contributed by atoms with Crippen molar-refractivity contribution in [2.24, 2.45) is 0 Å². The van der Waals surface area contributed by atoms with Crippen LogP contribution in [0.3, 0.4) is 0 Å². The van der Waals surface area contributed by atoms with Crippen LogP contribution in [0.15, 0.2) is 65.6 Å². The third kappa shape index (κ3) is 6.23. The molecule has 0 saturated carbocycles. The van der Waals surface area contributed by atoms with Gasteiger partial charge in [-0.05, 0) is 68.4 Å². The Labute approximate surface area is 182 Å². The quantitative estimate of drug-likeness (QED) is 0.484. The van der Waals surface area contributed by atoms with Crippen molar-refractivity contribution in [2.45, 2.75) is 25.2 Å². The number of anilines is 2. The van der Waals surface area contributed by atoms with Crippen LogP contribution in [0.2, 0.25) is 0 Å². The molecule has 3 rings (SSSR count). The molecule has 0 amide bonds. The minimum Gasteiger partial charge on any atom is -0.362 e. The lowest BCUT2D eigenvalue weighted by atomic mass is 10.1. The molecule has 0 saturated heterocycles. The molecule has 30 heavy (non-hydrogen) atoms. The topological polar surface area (TPSA) is 96.0 Å². The first-order chi connectivity index (χ1) is 14.3. The number of aryl methyl sites for hydroxylation is 2. The Kier molecular flexibility index (Phi) is 6.96. The molecule has 0 spiro atoms. The van der Waals surface area contributed by atoms with E-state index in [2.05, 4.69) is 37.5 Å². The number of hydrogen-bond acceptors (Lipinski definition) is 5. The highest BCUT2D eigenvalue weighted by molar-refractivity contribution is 7.92. The summed E-state index contributed by atoms with van der Waals surface area (Å²) in [6.45, 7) is 4.26. The minimum absolute atomic E-state index is 0.0542. The molecule has 3 aromatic rings. The smallest absolute Gasteiger partial charge is 0.264 e. The zero-order chi connectivity index (χ0) is 21.6. The number of hydrogen-bond donors (Lipinski definition) is 3. The molecule has 0 atom stereocenters. The summed E-state index contributed by atoms with van der Waals surface area (Å²) in [4.78, 5) is 8.34. The minimum atomic E-state index is -3.79. The van der Waals surface area contributed by atoms with E-state index in [1.165, 1.54) is 17.7 Å². The molecule has 156 valence electrons. The molecule has 0 aliphatic heterocycles. The fraction of sp³-hybridized carbons (Fsp3) is 0.190. The summed E-state index contributed by atoms with van der Waals surface area (Å²) < 4.78 is 27.6. The zero-order valence-corrected chi connectivity index (χ0v) is 18.3. The van der Waals surface area contributed by atoms with Gasteiger partial charge in [0.25, 0.3) is 10.0 Å². The molecule has 0 aliphatic carbocycles. The Morgan fingerprint density at radius 1 is 0.967 bits per heavy atom. The van der Waals surface area contributed by atoms with Crippen LogP contribution in [0, 0.1) is 13.8 Å². The van der Waals surface area contributed by atoms with Gasteiger partial charge >= 0.3 is 0 Å². The predicted molar refractivity (Wildman–Crippen MR) is 123 cm³/mol. The van der Waals surface area contributed by atoms with Crippen molar-refractivity contribution < 1.29 is 8.42 Å². The summed E-state index contributed by atoms with van der Waals surface area (Å²) in [6.07, 6.45) is 0.853. The normalized spacial score (nSPS) is 11.0. The highest BCUT2D eigenvalue weighted by Crippen LogP contribution is 2.17. The van der Waals surface area contributed by atoms with Crippen LogP contribution >= 0.6 is 12.2 Å². The first-order valence-electron chi connectivity index (χ1n) is 9.36. The van der Waals surface area contributed by atoms with E-state index < -0.39 is 10.0 Å². The average molecular weight is 442 g/mol. The second-order valence-corrected chi connectivity index (χ2v) is 8.81. The number of nitrogens with zero attached hydrogens (tertiary/aromatic N) is 2. The van der Waals surface area contributed by atoms with Crippen LogP contribution in [-0.4, -0.2) is 30.0 Å². The molecule has 1 aromatic heterocycles. The summed E-state index contributed by atoms with van der Waals surface area (Å²) in [5, 5.41) is 6.67. The van der Waals surface area contributed by atoms with Crippen LogP contribution < -0.4 is 15.4 Å². The van der Waals surface area contributed by atoms with Crippen LogP contribution in [0.1, 0.15) is 17.0 Å². The van der Waals surface area contributed by atoms with Gasteiger partial charge in [0, 0.05) is 23.6 Å². The van der Waals surface area contributed by atoms with Crippen LogP contribution in [0.4, 0.5) is 11.6 Å². The van der Waals surface area contributed by atoms with Gasteiger partial charge in [-0.15, -0.1) is 0 Å². The fourth-order valence-corrected chi connectivity index (χ4v) is 3.97. The van der Waals surface area contributed by atoms with Crippen molar-refractivity contribution in [3.63, 3.8) is 0 Å². The van der Waals surface area contributed by atoms with E-state index in [0.717, 1.165) is 6.42 Å². The van der Waals surface area contributed by atoms with Gasteiger partial charge in [0.15, 0.2) is 5.11 Å². The van der Waals surface area contributed by atoms with Gasteiger partial charge in [0.05, 0.1) is 4.90 Å². The van der Waals surface area contributed by atoms with E-state index in [1.807, 2.05) is 18.2 Å². The largest absolute Gasteiger partial charge is 0.362 e. The van der Waals surface area contributed by atoms with E-state index in [-0.39, 0.29) is 10.8 Å². The number of nitrogens with one attached hydrogen (secondary N) is 3. The maximum absolute atomic E-state index is 12.6. The molecule has 0 unspecified atom stereocenters. The SMILES string of the molecule is Cc1cc(C)nc(NS(=O)(=O)c2ccc(NC(=S)NCCc3ccccc3)cc2)n1. The van der Waals surface area contributed by atoms with Crippen LogP contribution in [0.5, 0.6) is 0 Å². The molecule has 0 radical (unpaired) electrons. The molecule has 0 aliphatic rings. The van der Waals surface area contributed by atoms with Gasteiger partial charge in [-0.2, -0.15) is 0 Å². The molecule has 7 nitrogen and oxygen atoms in total. The number of rotatable bonds is 7. The summed E-state index contributed by atoms with van der Waals surface area (Å²) in [7, 11) is -3.79. The van der Waals surface area contributed by atoms with E-state index in [1.54, 1.807) is 32.0 Å². The molecule has 3 N–H and O–H groups in total. The molecule has 9 heteroatoms. The maximum atomic E-state index is 12.6. The first kappa shape index (κ1) is 21.7. The lowest BCUT2D eigenvalue weighted by Crippen LogP contribution is -2.30.